The lowest BCUT2D eigenvalue weighted by atomic mass is 10.1. The summed E-state index contributed by atoms with van der Waals surface area (Å²) in [6, 6.07) is 1.85. The molecular formula is C14H20ClN3O2S. The van der Waals surface area contributed by atoms with Crippen LogP contribution >= 0.6 is 23.7 Å². The summed E-state index contributed by atoms with van der Waals surface area (Å²) < 4.78 is 0. The number of hydrogen-bond donors (Lipinski definition) is 1. The van der Waals surface area contributed by atoms with Crippen molar-refractivity contribution in [3.8, 4) is 0 Å². The Labute approximate surface area is 134 Å². The van der Waals surface area contributed by atoms with Crippen LogP contribution in [0.5, 0.6) is 0 Å². The Balaban J connectivity index is 0.00000161. The molecule has 2 aliphatic heterocycles. The molecule has 1 aromatic heterocycles. The molecule has 1 aromatic rings. The Morgan fingerprint density at radius 1 is 1.19 bits per heavy atom. The molecule has 0 aliphatic carbocycles. The van der Waals surface area contributed by atoms with Crippen molar-refractivity contribution in [2.75, 3.05) is 32.7 Å². The molecule has 116 valence electrons. The summed E-state index contributed by atoms with van der Waals surface area (Å²) in [7, 11) is 0. The van der Waals surface area contributed by atoms with Gasteiger partial charge in [0, 0.05) is 31.6 Å². The summed E-state index contributed by atoms with van der Waals surface area (Å²) in [6.07, 6.45) is 2.01. The lowest BCUT2D eigenvalue weighted by Crippen LogP contribution is -2.54. The molecule has 0 saturated carbocycles. The molecule has 0 radical (unpaired) electrons. The molecule has 2 aliphatic rings. The summed E-state index contributed by atoms with van der Waals surface area (Å²) >= 11 is 1.53. The molecule has 7 heteroatoms. The molecule has 2 saturated heterocycles. The number of hydrogen-bond acceptors (Lipinski definition) is 4. The van der Waals surface area contributed by atoms with Gasteiger partial charge in [-0.3, -0.25) is 9.59 Å². The van der Waals surface area contributed by atoms with E-state index in [2.05, 4.69) is 5.32 Å². The smallest absolute Gasteiger partial charge is 0.254 e. The molecular weight excluding hydrogens is 310 g/mol. The maximum absolute atomic E-state index is 12.3. The highest BCUT2D eigenvalue weighted by Gasteiger charge is 2.30. The summed E-state index contributed by atoms with van der Waals surface area (Å²) in [5.41, 5.74) is 0.757. The molecule has 1 atom stereocenters. The first-order chi connectivity index (χ1) is 9.75. The molecule has 0 aromatic carbocycles. The van der Waals surface area contributed by atoms with Gasteiger partial charge < -0.3 is 15.1 Å². The minimum Gasteiger partial charge on any atom is -0.338 e. The Bertz CT molecular complexity index is 480. The standard InChI is InChI=1S/C14H19N3O2S.ClH/c18-13(11-3-9-20-10-11)16-5-7-17(8-6-16)14(19)12-2-1-4-15-12;/h3,9-10,12,15H,1-2,4-8H2;1H/t12-;/m0./s1. The fraction of sp³-hybridized carbons (Fsp3) is 0.571. The van der Waals surface area contributed by atoms with E-state index in [1.54, 1.807) is 0 Å². The van der Waals surface area contributed by atoms with Crippen LogP contribution in [0.1, 0.15) is 23.2 Å². The number of carbonyl (C=O) groups excluding carboxylic acids is 2. The van der Waals surface area contributed by atoms with E-state index in [1.807, 2.05) is 26.6 Å². The Morgan fingerprint density at radius 3 is 2.48 bits per heavy atom. The van der Waals surface area contributed by atoms with Crippen molar-refractivity contribution in [2.45, 2.75) is 18.9 Å². The SMILES string of the molecule is Cl.O=C(c1ccsc1)N1CCN(C(=O)[C@@H]2CCCN2)CC1. The first-order valence-electron chi connectivity index (χ1n) is 7.09. The van der Waals surface area contributed by atoms with E-state index < -0.39 is 0 Å². The van der Waals surface area contributed by atoms with Gasteiger partial charge in [0.25, 0.3) is 5.91 Å². The van der Waals surface area contributed by atoms with E-state index in [9.17, 15) is 9.59 Å². The van der Waals surface area contributed by atoms with Crippen molar-refractivity contribution < 1.29 is 9.59 Å². The van der Waals surface area contributed by atoms with Gasteiger partial charge in [-0.2, -0.15) is 11.3 Å². The van der Waals surface area contributed by atoms with Crippen molar-refractivity contribution in [3.05, 3.63) is 22.4 Å². The van der Waals surface area contributed by atoms with Crippen molar-refractivity contribution in [3.63, 3.8) is 0 Å². The van der Waals surface area contributed by atoms with Crippen molar-refractivity contribution in [1.82, 2.24) is 15.1 Å². The van der Waals surface area contributed by atoms with E-state index in [0.29, 0.717) is 26.2 Å². The third-order valence-electron chi connectivity index (χ3n) is 4.01. The fourth-order valence-corrected chi connectivity index (χ4v) is 3.44. The van der Waals surface area contributed by atoms with Gasteiger partial charge in [-0.05, 0) is 30.8 Å². The molecule has 2 fully saturated rings. The van der Waals surface area contributed by atoms with Crippen LogP contribution in [0.15, 0.2) is 16.8 Å². The van der Waals surface area contributed by atoms with E-state index in [1.165, 1.54) is 11.3 Å². The van der Waals surface area contributed by atoms with Crippen LogP contribution in [-0.2, 0) is 4.79 Å². The minimum atomic E-state index is -0.00544. The molecule has 0 unspecified atom stereocenters. The van der Waals surface area contributed by atoms with Gasteiger partial charge in [-0.25, -0.2) is 0 Å². The Hall–Kier alpha value is -1.11. The van der Waals surface area contributed by atoms with Crippen molar-refractivity contribution >= 4 is 35.6 Å². The largest absolute Gasteiger partial charge is 0.338 e. The maximum atomic E-state index is 12.3. The lowest BCUT2D eigenvalue weighted by Gasteiger charge is -2.35. The first kappa shape index (κ1) is 16.3. The highest BCUT2D eigenvalue weighted by molar-refractivity contribution is 7.08. The van der Waals surface area contributed by atoms with Crippen molar-refractivity contribution in [1.29, 1.82) is 0 Å². The van der Waals surface area contributed by atoms with E-state index in [-0.39, 0.29) is 30.3 Å². The van der Waals surface area contributed by atoms with Gasteiger partial charge in [0.15, 0.2) is 0 Å². The Kier molecular flexibility index (Phi) is 5.61. The molecule has 0 bridgehead atoms. The average molecular weight is 330 g/mol. The molecule has 5 nitrogen and oxygen atoms in total. The van der Waals surface area contributed by atoms with Crippen LogP contribution in [0.25, 0.3) is 0 Å². The summed E-state index contributed by atoms with van der Waals surface area (Å²) in [5.74, 6) is 0.280. The minimum absolute atomic E-state index is 0. The van der Waals surface area contributed by atoms with Crippen molar-refractivity contribution in [2.24, 2.45) is 0 Å². The summed E-state index contributed by atoms with van der Waals surface area (Å²) in [5, 5.41) is 7.03. The third kappa shape index (κ3) is 3.56. The highest BCUT2D eigenvalue weighted by Crippen LogP contribution is 2.14. The van der Waals surface area contributed by atoms with Crippen LogP contribution < -0.4 is 5.32 Å². The topological polar surface area (TPSA) is 52.7 Å². The number of rotatable bonds is 2. The van der Waals surface area contributed by atoms with Crippen LogP contribution in [0.2, 0.25) is 0 Å². The maximum Gasteiger partial charge on any atom is 0.254 e. The predicted molar refractivity (Wildman–Crippen MR) is 85.1 cm³/mol. The zero-order chi connectivity index (χ0) is 13.9. The van der Waals surface area contributed by atoms with Gasteiger partial charge in [0.2, 0.25) is 5.91 Å². The van der Waals surface area contributed by atoms with Crippen LogP contribution in [0.4, 0.5) is 0 Å². The number of thiophene rings is 1. The fourth-order valence-electron chi connectivity index (χ4n) is 2.81. The number of halogens is 1. The number of carbonyl (C=O) groups is 2. The second kappa shape index (κ2) is 7.24. The second-order valence-electron chi connectivity index (χ2n) is 5.28. The van der Waals surface area contributed by atoms with Crippen LogP contribution in [-0.4, -0.2) is 60.4 Å². The first-order valence-corrected chi connectivity index (χ1v) is 8.03. The highest BCUT2D eigenvalue weighted by atomic mass is 35.5. The zero-order valence-corrected chi connectivity index (χ0v) is 13.4. The normalized spacial score (nSPS) is 22.0. The molecule has 2 amide bonds. The predicted octanol–water partition coefficient (Wildman–Crippen LogP) is 1.21. The average Bonchev–Trinajstić information content (AvgIpc) is 3.18. The molecule has 3 rings (SSSR count). The molecule has 3 heterocycles. The second-order valence-corrected chi connectivity index (χ2v) is 6.06. The van der Waals surface area contributed by atoms with Gasteiger partial charge in [-0.1, -0.05) is 0 Å². The van der Waals surface area contributed by atoms with Crippen LogP contribution in [0, 0.1) is 0 Å². The molecule has 0 spiro atoms. The quantitative estimate of drug-likeness (QED) is 0.887. The van der Waals surface area contributed by atoms with Crippen LogP contribution in [0.3, 0.4) is 0 Å². The number of amides is 2. The van der Waals surface area contributed by atoms with Gasteiger partial charge in [0.05, 0.1) is 11.6 Å². The number of nitrogens with zero attached hydrogens (tertiary/aromatic N) is 2. The zero-order valence-electron chi connectivity index (χ0n) is 11.8. The summed E-state index contributed by atoms with van der Waals surface area (Å²) in [6.45, 7) is 3.49. The van der Waals surface area contributed by atoms with Gasteiger partial charge in [0.1, 0.15) is 0 Å². The lowest BCUT2D eigenvalue weighted by molar-refractivity contribution is -0.134. The number of piperazine rings is 1. The van der Waals surface area contributed by atoms with E-state index in [0.717, 1.165) is 24.9 Å². The van der Waals surface area contributed by atoms with Gasteiger partial charge >= 0.3 is 0 Å². The molecule has 1 N–H and O–H groups in total. The van der Waals surface area contributed by atoms with E-state index in [4.69, 9.17) is 0 Å². The van der Waals surface area contributed by atoms with E-state index >= 15 is 0 Å². The van der Waals surface area contributed by atoms with Gasteiger partial charge in [-0.15, -0.1) is 12.4 Å². The summed E-state index contributed by atoms with van der Waals surface area (Å²) in [4.78, 5) is 28.2. The monoisotopic (exact) mass is 329 g/mol. The Morgan fingerprint density at radius 2 is 1.90 bits per heavy atom. The number of nitrogens with one attached hydrogen (secondary N) is 1. The molecule has 21 heavy (non-hydrogen) atoms. The third-order valence-corrected chi connectivity index (χ3v) is 4.69.